The van der Waals surface area contributed by atoms with Gasteiger partial charge in [-0.2, -0.15) is 0 Å². The molecule has 0 bridgehead atoms. The van der Waals surface area contributed by atoms with Crippen LogP contribution in [-0.4, -0.2) is 19.5 Å². The van der Waals surface area contributed by atoms with Crippen molar-refractivity contribution in [3.05, 3.63) is 52.4 Å². The maximum Gasteiger partial charge on any atom is 0.371 e. The Bertz CT molecular complexity index is 738. The van der Waals surface area contributed by atoms with Crippen LogP contribution in [-0.2, 0) is 16.6 Å². The standard InChI is InChI=1S/C12H10BrNO5S/c13-9-3-1-2-4-11(9)20(17,18)14-7-8-5-6-10(19-8)12(15)16/h1-6,14H,7H2,(H,15,16). The van der Waals surface area contributed by atoms with Crippen molar-refractivity contribution in [2.75, 3.05) is 0 Å². The number of aromatic carboxylic acids is 1. The van der Waals surface area contributed by atoms with E-state index in [1.807, 2.05) is 0 Å². The Balaban J connectivity index is 2.13. The molecule has 0 saturated carbocycles. The molecule has 0 fully saturated rings. The van der Waals surface area contributed by atoms with Crippen molar-refractivity contribution in [3.63, 3.8) is 0 Å². The van der Waals surface area contributed by atoms with E-state index in [0.29, 0.717) is 4.47 Å². The number of halogens is 1. The minimum atomic E-state index is -3.70. The van der Waals surface area contributed by atoms with Crippen LogP contribution in [0, 0.1) is 0 Å². The lowest BCUT2D eigenvalue weighted by Gasteiger charge is -2.06. The van der Waals surface area contributed by atoms with E-state index >= 15 is 0 Å². The van der Waals surface area contributed by atoms with Gasteiger partial charge in [-0.3, -0.25) is 0 Å². The smallest absolute Gasteiger partial charge is 0.371 e. The minimum absolute atomic E-state index is 0.102. The van der Waals surface area contributed by atoms with Crippen LogP contribution in [0.3, 0.4) is 0 Å². The molecule has 0 atom stereocenters. The predicted molar refractivity (Wildman–Crippen MR) is 73.8 cm³/mol. The number of hydrogen-bond donors (Lipinski definition) is 2. The summed E-state index contributed by atoms with van der Waals surface area (Å²) in [6.07, 6.45) is 0. The molecular weight excluding hydrogens is 350 g/mol. The number of hydrogen-bond acceptors (Lipinski definition) is 4. The molecule has 0 unspecified atom stereocenters. The number of benzene rings is 1. The van der Waals surface area contributed by atoms with E-state index in [1.54, 1.807) is 18.2 Å². The van der Waals surface area contributed by atoms with Gasteiger partial charge in [0.1, 0.15) is 5.76 Å². The number of carboxylic acids is 1. The molecule has 0 spiro atoms. The normalized spacial score (nSPS) is 11.4. The van der Waals surface area contributed by atoms with Crippen molar-refractivity contribution in [1.29, 1.82) is 0 Å². The fraction of sp³-hybridized carbons (Fsp3) is 0.0833. The largest absolute Gasteiger partial charge is 0.475 e. The summed E-state index contributed by atoms with van der Waals surface area (Å²) in [6, 6.07) is 9.06. The quantitative estimate of drug-likeness (QED) is 0.852. The molecule has 1 aromatic heterocycles. The van der Waals surface area contributed by atoms with Gasteiger partial charge >= 0.3 is 5.97 Å². The molecule has 20 heavy (non-hydrogen) atoms. The number of sulfonamides is 1. The van der Waals surface area contributed by atoms with Crippen molar-refractivity contribution in [3.8, 4) is 0 Å². The first-order valence-corrected chi connectivity index (χ1v) is 7.74. The van der Waals surface area contributed by atoms with E-state index < -0.39 is 16.0 Å². The number of carboxylic acid groups (broad SMARTS) is 1. The van der Waals surface area contributed by atoms with E-state index in [2.05, 4.69) is 20.7 Å². The van der Waals surface area contributed by atoms with Crippen LogP contribution in [0.4, 0.5) is 0 Å². The molecule has 0 saturated heterocycles. The molecule has 0 radical (unpaired) electrons. The molecule has 2 rings (SSSR count). The summed E-state index contributed by atoms with van der Waals surface area (Å²) in [4.78, 5) is 10.7. The lowest BCUT2D eigenvalue weighted by Crippen LogP contribution is -2.23. The summed E-state index contributed by atoms with van der Waals surface area (Å²) in [5.41, 5.74) is 0. The zero-order chi connectivity index (χ0) is 14.8. The highest BCUT2D eigenvalue weighted by Crippen LogP contribution is 2.21. The van der Waals surface area contributed by atoms with Crippen LogP contribution in [0.2, 0.25) is 0 Å². The Hall–Kier alpha value is -1.64. The number of nitrogens with one attached hydrogen (secondary N) is 1. The van der Waals surface area contributed by atoms with Gasteiger partial charge in [0.15, 0.2) is 0 Å². The van der Waals surface area contributed by atoms with Gasteiger partial charge in [0.2, 0.25) is 15.8 Å². The van der Waals surface area contributed by atoms with Crippen LogP contribution >= 0.6 is 15.9 Å². The molecule has 0 aliphatic heterocycles. The first-order chi connectivity index (χ1) is 9.40. The van der Waals surface area contributed by atoms with Crippen LogP contribution in [0.5, 0.6) is 0 Å². The van der Waals surface area contributed by atoms with Crippen LogP contribution in [0.15, 0.2) is 50.2 Å². The van der Waals surface area contributed by atoms with E-state index in [1.165, 1.54) is 18.2 Å². The summed E-state index contributed by atoms with van der Waals surface area (Å²) in [7, 11) is -3.70. The van der Waals surface area contributed by atoms with Crippen molar-refractivity contribution >= 4 is 31.9 Å². The molecule has 1 aromatic carbocycles. The van der Waals surface area contributed by atoms with E-state index in [9.17, 15) is 13.2 Å². The highest BCUT2D eigenvalue weighted by Gasteiger charge is 2.18. The monoisotopic (exact) mass is 359 g/mol. The first kappa shape index (κ1) is 14.8. The van der Waals surface area contributed by atoms with Crippen molar-refractivity contribution in [1.82, 2.24) is 4.72 Å². The van der Waals surface area contributed by atoms with E-state index in [4.69, 9.17) is 9.52 Å². The van der Waals surface area contributed by atoms with Crippen LogP contribution in [0.1, 0.15) is 16.3 Å². The second-order valence-electron chi connectivity index (χ2n) is 3.83. The lowest BCUT2D eigenvalue weighted by molar-refractivity contribution is 0.0660. The molecule has 6 nitrogen and oxygen atoms in total. The fourth-order valence-corrected chi connectivity index (χ4v) is 3.49. The third kappa shape index (κ3) is 3.27. The summed E-state index contributed by atoms with van der Waals surface area (Å²) < 4.78 is 31.9. The van der Waals surface area contributed by atoms with Gasteiger partial charge in [-0.15, -0.1) is 0 Å². The Kier molecular flexibility index (Phi) is 4.26. The molecule has 1 heterocycles. The van der Waals surface area contributed by atoms with Gasteiger partial charge in [-0.1, -0.05) is 12.1 Å². The second kappa shape index (κ2) is 5.78. The molecular formula is C12H10BrNO5S. The summed E-state index contributed by atoms with van der Waals surface area (Å²) in [5, 5.41) is 8.70. The van der Waals surface area contributed by atoms with Crippen molar-refractivity contribution in [2.45, 2.75) is 11.4 Å². The van der Waals surface area contributed by atoms with Crippen molar-refractivity contribution < 1.29 is 22.7 Å². The Morgan fingerprint density at radius 1 is 1.25 bits per heavy atom. The third-order valence-electron chi connectivity index (χ3n) is 2.44. The van der Waals surface area contributed by atoms with Crippen LogP contribution in [0.25, 0.3) is 0 Å². The maximum atomic E-state index is 12.1. The molecule has 106 valence electrons. The van der Waals surface area contributed by atoms with Gasteiger partial charge in [0.25, 0.3) is 0 Å². The maximum absolute atomic E-state index is 12.1. The Morgan fingerprint density at radius 2 is 1.95 bits per heavy atom. The number of furan rings is 1. The second-order valence-corrected chi connectivity index (χ2v) is 6.42. The Labute approximate surface area is 123 Å². The summed E-state index contributed by atoms with van der Waals surface area (Å²) in [6.45, 7) is -0.128. The summed E-state index contributed by atoms with van der Waals surface area (Å²) >= 11 is 3.16. The van der Waals surface area contributed by atoms with Crippen molar-refractivity contribution in [2.24, 2.45) is 0 Å². The zero-order valence-electron chi connectivity index (χ0n) is 10.0. The average Bonchev–Trinajstić information content (AvgIpc) is 2.86. The third-order valence-corrected chi connectivity index (χ3v) is 4.85. The number of rotatable bonds is 5. The SMILES string of the molecule is O=C(O)c1ccc(CNS(=O)(=O)c2ccccc2Br)o1. The highest BCUT2D eigenvalue weighted by atomic mass is 79.9. The van der Waals surface area contributed by atoms with Gasteiger partial charge in [-0.05, 0) is 40.2 Å². The number of carbonyl (C=O) groups is 1. The van der Waals surface area contributed by atoms with E-state index in [-0.39, 0.29) is 23.0 Å². The minimum Gasteiger partial charge on any atom is -0.475 e. The Morgan fingerprint density at radius 3 is 2.55 bits per heavy atom. The van der Waals surface area contributed by atoms with Gasteiger partial charge in [0.05, 0.1) is 11.4 Å². The average molecular weight is 360 g/mol. The van der Waals surface area contributed by atoms with Gasteiger partial charge in [-0.25, -0.2) is 17.9 Å². The predicted octanol–water partition coefficient (Wildman–Crippen LogP) is 2.22. The van der Waals surface area contributed by atoms with Gasteiger partial charge in [0, 0.05) is 4.47 Å². The molecule has 2 N–H and O–H groups in total. The summed E-state index contributed by atoms with van der Waals surface area (Å²) in [5.74, 6) is -1.22. The van der Waals surface area contributed by atoms with Crippen LogP contribution < -0.4 is 4.72 Å². The molecule has 2 aromatic rings. The zero-order valence-corrected chi connectivity index (χ0v) is 12.4. The highest BCUT2D eigenvalue weighted by molar-refractivity contribution is 9.10. The fourth-order valence-electron chi connectivity index (χ4n) is 1.49. The van der Waals surface area contributed by atoms with E-state index in [0.717, 1.165) is 0 Å². The lowest BCUT2D eigenvalue weighted by atomic mass is 10.4. The topological polar surface area (TPSA) is 96.6 Å². The molecule has 0 aliphatic carbocycles. The first-order valence-electron chi connectivity index (χ1n) is 5.46. The van der Waals surface area contributed by atoms with Gasteiger partial charge < -0.3 is 9.52 Å². The molecule has 0 amide bonds. The molecule has 0 aliphatic rings. The molecule has 8 heteroatoms.